The first kappa shape index (κ1) is 19.7. The quantitative estimate of drug-likeness (QED) is 0.760. The van der Waals surface area contributed by atoms with Crippen LogP contribution < -0.4 is 10.0 Å². The van der Waals surface area contributed by atoms with Gasteiger partial charge in [-0.3, -0.25) is 4.79 Å². The summed E-state index contributed by atoms with van der Waals surface area (Å²) in [5.74, 6) is 0.331. The zero-order valence-corrected chi connectivity index (χ0v) is 15.7. The topological polar surface area (TPSA) is 80.2 Å². The van der Waals surface area contributed by atoms with Crippen molar-refractivity contribution >= 4 is 15.9 Å². The Hall–Kier alpha value is -1.34. The fourth-order valence-corrected chi connectivity index (χ4v) is 3.56. The molecule has 1 amide bonds. The van der Waals surface area contributed by atoms with E-state index in [1.807, 2.05) is 6.92 Å². The minimum Gasteiger partial charge on any atom is -0.348 e. The van der Waals surface area contributed by atoms with Crippen molar-refractivity contribution in [2.75, 3.05) is 0 Å². The maximum absolute atomic E-state index is 12.3. The van der Waals surface area contributed by atoms with E-state index in [9.17, 15) is 13.2 Å². The molecule has 1 atom stereocenters. The lowest BCUT2D eigenvalue weighted by Crippen LogP contribution is -2.33. The second-order valence-corrected chi connectivity index (χ2v) is 8.51. The lowest BCUT2D eigenvalue weighted by Gasteiger charge is -2.15. The van der Waals surface area contributed by atoms with Gasteiger partial charge in [-0.25, -0.2) is 13.1 Å². The lowest BCUT2D eigenvalue weighted by atomic mass is 10.0. The van der Waals surface area contributed by atoms with Gasteiger partial charge in [0.2, 0.25) is 10.0 Å². The van der Waals surface area contributed by atoms with Crippen molar-refractivity contribution in [1.82, 2.24) is 14.6 Å². The van der Waals surface area contributed by atoms with Gasteiger partial charge in [-0.1, -0.05) is 13.8 Å². The molecule has 0 radical (unpaired) electrons. The van der Waals surface area contributed by atoms with Gasteiger partial charge in [-0.2, -0.15) is 0 Å². The van der Waals surface area contributed by atoms with Gasteiger partial charge in [0.05, 0.1) is 0 Å². The molecular formula is C16H29N3O3S. The highest BCUT2D eigenvalue weighted by molar-refractivity contribution is 7.89. The molecule has 0 aliphatic rings. The molecule has 1 unspecified atom stereocenters. The van der Waals surface area contributed by atoms with Gasteiger partial charge in [0.15, 0.2) is 0 Å². The molecule has 1 rings (SSSR count). The van der Waals surface area contributed by atoms with Crippen LogP contribution in [0.5, 0.6) is 0 Å². The first-order valence-corrected chi connectivity index (χ1v) is 9.50. The van der Waals surface area contributed by atoms with Crippen molar-refractivity contribution in [1.29, 1.82) is 0 Å². The van der Waals surface area contributed by atoms with Crippen molar-refractivity contribution in [2.45, 2.75) is 64.4 Å². The summed E-state index contributed by atoms with van der Waals surface area (Å²) in [7, 11) is -1.93. The summed E-state index contributed by atoms with van der Waals surface area (Å²) in [4.78, 5) is 12.4. The maximum atomic E-state index is 12.3. The SMILES string of the molecule is CC(C)CCC(C)NC(=O)c1cc(S(=O)(=O)NC(C)C)cn1C. The normalized spacial score (nSPS) is 13.6. The summed E-state index contributed by atoms with van der Waals surface area (Å²) in [6, 6.07) is 1.26. The van der Waals surface area contributed by atoms with Crippen molar-refractivity contribution < 1.29 is 13.2 Å². The van der Waals surface area contributed by atoms with E-state index in [1.54, 1.807) is 25.5 Å². The number of aryl methyl sites for hydroxylation is 1. The van der Waals surface area contributed by atoms with Gasteiger partial charge in [0, 0.05) is 25.3 Å². The average Bonchev–Trinajstić information content (AvgIpc) is 2.78. The van der Waals surface area contributed by atoms with E-state index >= 15 is 0 Å². The van der Waals surface area contributed by atoms with Gasteiger partial charge in [0.1, 0.15) is 10.6 Å². The summed E-state index contributed by atoms with van der Waals surface area (Å²) in [6.45, 7) is 9.76. The zero-order valence-electron chi connectivity index (χ0n) is 14.9. The second kappa shape index (κ2) is 7.97. The molecule has 0 aromatic carbocycles. The van der Waals surface area contributed by atoms with Gasteiger partial charge < -0.3 is 9.88 Å². The predicted octanol–water partition coefficient (Wildman–Crippen LogP) is 2.27. The predicted molar refractivity (Wildman–Crippen MR) is 91.9 cm³/mol. The summed E-state index contributed by atoms with van der Waals surface area (Å²) in [5.41, 5.74) is 0.338. The monoisotopic (exact) mass is 343 g/mol. The molecule has 0 saturated heterocycles. The van der Waals surface area contributed by atoms with E-state index in [0.717, 1.165) is 12.8 Å². The summed E-state index contributed by atoms with van der Waals surface area (Å²) in [5, 5.41) is 2.92. The highest BCUT2D eigenvalue weighted by Gasteiger charge is 2.21. The van der Waals surface area contributed by atoms with Crippen molar-refractivity contribution in [3.05, 3.63) is 18.0 Å². The molecule has 0 bridgehead atoms. The van der Waals surface area contributed by atoms with Crippen LogP contribution in [0.4, 0.5) is 0 Å². The molecule has 7 heteroatoms. The van der Waals surface area contributed by atoms with E-state index in [4.69, 9.17) is 0 Å². The number of carbonyl (C=O) groups excluding carboxylic acids is 1. The molecule has 132 valence electrons. The van der Waals surface area contributed by atoms with Crippen LogP contribution in [0.2, 0.25) is 0 Å². The van der Waals surface area contributed by atoms with Gasteiger partial charge in [-0.15, -0.1) is 0 Å². The van der Waals surface area contributed by atoms with Crippen LogP contribution in [-0.4, -0.2) is 31.0 Å². The summed E-state index contributed by atoms with van der Waals surface area (Å²) < 4.78 is 28.4. The Morgan fingerprint density at radius 3 is 2.30 bits per heavy atom. The highest BCUT2D eigenvalue weighted by Crippen LogP contribution is 2.14. The van der Waals surface area contributed by atoms with Crippen LogP contribution in [0.3, 0.4) is 0 Å². The number of sulfonamides is 1. The van der Waals surface area contributed by atoms with E-state index in [0.29, 0.717) is 11.6 Å². The van der Waals surface area contributed by atoms with Crippen LogP contribution in [0.25, 0.3) is 0 Å². The van der Waals surface area contributed by atoms with Crippen LogP contribution in [-0.2, 0) is 17.1 Å². The standard InChI is InChI=1S/C16H29N3O3S/c1-11(2)7-8-13(5)17-16(20)15-9-14(10-19(15)6)23(21,22)18-12(3)4/h9-13,18H,7-8H2,1-6H3,(H,17,20). The van der Waals surface area contributed by atoms with E-state index in [2.05, 4.69) is 23.9 Å². The zero-order chi connectivity index (χ0) is 17.8. The van der Waals surface area contributed by atoms with Gasteiger partial charge in [0.25, 0.3) is 5.91 Å². The first-order chi connectivity index (χ1) is 10.5. The highest BCUT2D eigenvalue weighted by atomic mass is 32.2. The number of rotatable bonds is 8. The number of carbonyl (C=O) groups is 1. The van der Waals surface area contributed by atoms with Crippen molar-refractivity contribution in [3.63, 3.8) is 0 Å². The number of nitrogens with zero attached hydrogens (tertiary/aromatic N) is 1. The summed E-state index contributed by atoms with van der Waals surface area (Å²) in [6.07, 6.45) is 3.39. The third-order valence-corrected chi connectivity index (χ3v) is 5.09. The Bertz CT molecular complexity index is 633. The molecule has 1 heterocycles. The molecule has 0 fully saturated rings. The van der Waals surface area contributed by atoms with Crippen LogP contribution >= 0.6 is 0 Å². The minimum absolute atomic E-state index is 0.0497. The summed E-state index contributed by atoms with van der Waals surface area (Å²) >= 11 is 0. The molecule has 0 saturated carbocycles. The Kier molecular flexibility index (Phi) is 6.83. The number of amides is 1. The number of hydrogen-bond donors (Lipinski definition) is 2. The third kappa shape index (κ3) is 5.99. The molecule has 0 aliphatic heterocycles. The average molecular weight is 343 g/mol. The van der Waals surface area contributed by atoms with Crippen LogP contribution in [0, 0.1) is 5.92 Å². The smallest absolute Gasteiger partial charge is 0.268 e. The molecule has 2 N–H and O–H groups in total. The Morgan fingerprint density at radius 2 is 1.78 bits per heavy atom. The Labute approximate surface area is 139 Å². The molecule has 1 aromatic rings. The fraction of sp³-hybridized carbons (Fsp3) is 0.688. The van der Waals surface area contributed by atoms with Crippen LogP contribution in [0.15, 0.2) is 17.2 Å². The molecule has 0 aliphatic carbocycles. The lowest BCUT2D eigenvalue weighted by molar-refractivity contribution is 0.0929. The molecule has 6 nitrogen and oxygen atoms in total. The second-order valence-electron chi connectivity index (χ2n) is 6.79. The third-order valence-electron chi connectivity index (χ3n) is 3.47. The number of nitrogens with one attached hydrogen (secondary N) is 2. The Balaban J connectivity index is 2.84. The van der Waals surface area contributed by atoms with Gasteiger partial charge >= 0.3 is 0 Å². The Morgan fingerprint density at radius 1 is 1.17 bits per heavy atom. The first-order valence-electron chi connectivity index (χ1n) is 8.02. The van der Waals surface area contributed by atoms with Crippen molar-refractivity contribution in [3.8, 4) is 0 Å². The maximum Gasteiger partial charge on any atom is 0.268 e. The number of hydrogen-bond acceptors (Lipinski definition) is 3. The van der Waals surface area contributed by atoms with Crippen molar-refractivity contribution in [2.24, 2.45) is 13.0 Å². The molecule has 23 heavy (non-hydrogen) atoms. The van der Waals surface area contributed by atoms with E-state index in [-0.39, 0.29) is 22.9 Å². The fourth-order valence-electron chi connectivity index (χ4n) is 2.24. The van der Waals surface area contributed by atoms with Crippen LogP contribution in [0.1, 0.15) is 57.9 Å². The molecular weight excluding hydrogens is 314 g/mol. The largest absolute Gasteiger partial charge is 0.348 e. The number of aromatic nitrogens is 1. The molecule has 1 aromatic heterocycles. The van der Waals surface area contributed by atoms with E-state index < -0.39 is 10.0 Å². The van der Waals surface area contributed by atoms with E-state index in [1.165, 1.54) is 12.3 Å². The minimum atomic E-state index is -3.60. The molecule has 0 spiro atoms. The van der Waals surface area contributed by atoms with Gasteiger partial charge in [-0.05, 0) is 45.6 Å².